The Labute approximate surface area is 107 Å². The van der Waals surface area contributed by atoms with E-state index >= 15 is 0 Å². The van der Waals surface area contributed by atoms with Gasteiger partial charge in [0.25, 0.3) is 5.56 Å². The Balaban J connectivity index is 1.80. The van der Waals surface area contributed by atoms with Crippen molar-refractivity contribution >= 4 is 11.5 Å². The lowest BCUT2D eigenvalue weighted by Crippen LogP contribution is -2.30. The maximum Gasteiger partial charge on any atom is 0.276 e. The van der Waals surface area contributed by atoms with Crippen LogP contribution in [0.25, 0.3) is 0 Å². The van der Waals surface area contributed by atoms with Crippen LogP contribution in [0.15, 0.2) is 11.1 Å². The summed E-state index contributed by atoms with van der Waals surface area (Å²) in [6, 6.07) is 0. The molecule has 0 unspecified atom stereocenters. The number of aromatic amines is 1. The van der Waals surface area contributed by atoms with E-state index in [9.17, 15) is 4.79 Å². The highest BCUT2D eigenvalue weighted by Gasteiger charge is 2.09. The summed E-state index contributed by atoms with van der Waals surface area (Å²) < 4.78 is 0. The molecule has 1 aliphatic rings. The second kappa shape index (κ2) is 6.39. The molecule has 0 radical (unpaired) electrons. The zero-order chi connectivity index (χ0) is 12.8. The lowest BCUT2D eigenvalue weighted by atomic mass is 10.2. The van der Waals surface area contributed by atoms with Crippen molar-refractivity contribution in [2.24, 2.45) is 0 Å². The highest BCUT2D eigenvalue weighted by molar-refractivity contribution is 5.58. The number of nitrogens with one attached hydrogen (secondary N) is 2. The molecule has 18 heavy (non-hydrogen) atoms. The van der Waals surface area contributed by atoms with Crippen molar-refractivity contribution < 1.29 is 0 Å². The van der Waals surface area contributed by atoms with Gasteiger partial charge in [-0.3, -0.25) is 4.79 Å². The van der Waals surface area contributed by atoms with Crippen molar-refractivity contribution in [1.29, 1.82) is 0 Å². The van der Waals surface area contributed by atoms with Gasteiger partial charge in [-0.2, -0.15) is 0 Å². The average molecular weight is 251 g/mol. The molecule has 2 heterocycles. The minimum Gasteiger partial charge on any atom is -0.391 e. The van der Waals surface area contributed by atoms with Gasteiger partial charge in [0.05, 0.1) is 6.33 Å². The number of hydrogen-bond donors (Lipinski definition) is 3. The predicted octanol–water partition coefficient (Wildman–Crippen LogP) is 0.640. The van der Waals surface area contributed by atoms with E-state index in [1.807, 2.05) is 0 Å². The third-order valence-corrected chi connectivity index (χ3v) is 3.31. The Morgan fingerprint density at radius 2 is 2.06 bits per heavy atom. The normalized spacial score (nSPS) is 17.3. The largest absolute Gasteiger partial charge is 0.391 e. The molecule has 0 saturated carbocycles. The molecule has 1 aromatic rings. The smallest absolute Gasteiger partial charge is 0.276 e. The molecular weight excluding hydrogens is 230 g/mol. The number of aromatic nitrogens is 2. The van der Waals surface area contributed by atoms with Crippen LogP contribution in [0.2, 0.25) is 0 Å². The fraction of sp³-hybridized carbons (Fsp3) is 0.667. The maximum atomic E-state index is 11.3. The molecule has 0 aromatic carbocycles. The third-order valence-electron chi connectivity index (χ3n) is 3.31. The highest BCUT2D eigenvalue weighted by Crippen LogP contribution is 2.10. The van der Waals surface area contributed by atoms with Crippen LogP contribution in [0.4, 0.5) is 11.5 Å². The van der Waals surface area contributed by atoms with Crippen LogP contribution in [-0.4, -0.2) is 41.0 Å². The van der Waals surface area contributed by atoms with Gasteiger partial charge < -0.3 is 20.9 Å². The second-order valence-electron chi connectivity index (χ2n) is 4.68. The Hall–Kier alpha value is -1.56. The third kappa shape index (κ3) is 3.46. The molecule has 1 fully saturated rings. The van der Waals surface area contributed by atoms with Crippen LogP contribution in [0, 0.1) is 0 Å². The number of anilines is 2. The van der Waals surface area contributed by atoms with E-state index in [1.54, 1.807) is 0 Å². The van der Waals surface area contributed by atoms with Gasteiger partial charge in [-0.25, -0.2) is 4.98 Å². The van der Waals surface area contributed by atoms with E-state index in [4.69, 9.17) is 5.73 Å². The molecule has 100 valence electrons. The van der Waals surface area contributed by atoms with Gasteiger partial charge in [0.1, 0.15) is 5.69 Å². The monoisotopic (exact) mass is 251 g/mol. The minimum atomic E-state index is -0.290. The van der Waals surface area contributed by atoms with Gasteiger partial charge in [0, 0.05) is 13.1 Å². The molecule has 6 nitrogen and oxygen atoms in total. The highest BCUT2D eigenvalue weighted by atomic mass is 16.1. The van der Waals surface area contributed by atoms with Crippen molar-refractivity contribution in [2.75, 3.05) is 37.2 Å². The minimum absolute atomic E-state index is 0.161. The molecule has 0 amide bonds. The van der Waals surface area contributed by atoms with Crippen LogP contribution >= 0.6 is 0 Å². The van der Waals surface area contributed by atoms with Gasteiger partial charge >= 0.3 is 0 Å². The van der Waals surface area contributed by atoms with E-state index in [0.29, 0.717) is 5.82 Å². The van der Waals surface area contributed by atoms with Gasteiger partial charge in [-0.1, -0.05) is 12.8 Å². The second-order valence-corrected chi connectivity index (χ2v) is 4.68. The summed E-state index contributed by atoms with van der Waals surface area (Å²) in [7, 11) is 0. The number of nitrogen functional groups attached to an aromatic ring is 1. The Morgan fingerprint density at radius 3 is 2.78 bits per heavy atom. The van der Waals surface area contributed by atoms with Gasteiger partial charge in [-0.05, 0) is 25.9 Å². The Morgan fingerprint density at radius 1 is 1.33 bits per heavy atom. The molecule has 4 N–H and O–H groups in total. The number of rotatable bonds is 4. The van der Waals surface area contributed by atoms with Crippen LogP contribution in [0.5, 0.6) is 0 Å². The Bertz CT molecular complexity index is 423. The van der Waals surface area contributed by atoms with E-state index in [1.165, 1.54) is 45.1 Å². The molecule has 0 bridgehead atoms. The van der Waals surface area contributed by atoms with Crippen molar-refractivity contribution in [2.45, 2.75) is 25.7 Å². The Kier molecular flexibility index (Phi) is 4.58. The molecule has 1 aliphatic heterocycles. The summed E-state index contributed by atoms with van der Waals surface area (Å²) in [6.45, 7) is 4.06. The topological polar surface area (TPSA) is 87.0 Å². The van der Waals surface area contributed by atoms with E-state index in [-0.39, 0.29) is 11.2 Å². The molecule has 1 saturated heterocycles. The quantitative estimate of drug-likeness (QED) is 0.731. The molecule has 6 heteroatoms. The summed E-state index contributed by atoms with van der Waals surface area (Å²) in [5, 5.41) is 3.12. The maximum absolute atomic E-state index is 11.3. The van der Waals surface area contributed by atoms with Crippen molar-refractivity contribution in [3.8, 4) is 0 Å². The van der Waals surface area contributed by atoms with E-state index in [2.05, 4.69) is 20.2 Å². The predicted molar refractivity (Wildman–Crippen MR) is 72.7 cm³/mol. The van der Waals surface area contributed by atoms with E-state index in [0.717, 1.165) is 13.1 Å². The lowest BCUT2D eigenvalue weighted by molar-refractivity contribution is 0.296. The first-order chi connectivity index (χ1) is 8.77. The fourth-order valence-electron chi connectivity index (χ4n) is 2.24. The van der Waals surface area contributed by atoms with Crippen LogP contribution < -0.4 is 16.6 Å². The SMILES string of the molecule is Nc1c(NCCN2CCCCCC2)nc[nH]c1=O. The number of likely N-dealkylation sites (tertiary alicyclic amines) is 1. The first-order valence-corrected chi connectivity index (χ1v) is 6.57. The van der Waals surface area contributed by atoms with Crippen LogP contribution in [-0.2, 0) is 0 Å². The number of hydrogen-bond acceptors (Lipinski definition) is 5. The first-order valence-electron chi connectivity index (χ1n) is 6.57. The van der Waals surface area contributed by atoms with Crippen molar-refractivity contribution in [3.63, 3.8) is 0 Å². The molecule has 2 rings (SSSR count). The van der Waals surface area contributed by atoms with Crippen molar-refractivity contribution in [1.82, 2.24) is 14.9 Å². The summed E-state index contributed by atoms with van der Waals surface area (Å²) in [4.78, 5) is 20.2. The van der Waals surface area contributed by atoms with E-state index < -0.39 is 0 Å². The van der Waals surface area contributed by atoms with Crippen LogP contribution in [0.3, 0.4) is 0 Å². The standard InChI is InChI=1S/C12H21N5O/c13-10-11(15-9-16-12(10)18)14-5-8-17-6-3-1-2-4-7-17/h9H,1-8,13H2,(H2,14,15,16,18). The first kappa shape index (κ1) is 12.9. The summed E-state index contributed by atoms with van der Waals surface area (Å²) >= 11 is 0. The number of nitrogens with zero attached hydrogens (tertiary/aromatic N) is 2. The number of H-pyrrole nitrogens is 1. The summed E-state index contributed by atoms with van der Waals surface area (Å²) in [5.74, 6) is 0.480. The molecule has 0 atom stereocenters. The summed E-state index contributed by atoms with van der Waals surface area (Å²) in [6.07, 6.45) is 6.61. The fourth-order valence-corrected chi connectivity index (χ4v) is 2.24. The summed E-state index contributed by atoms with van der Waals surface area (Å²) in [5.41, 5.74) is 5.52. The molecule has 1 aromatic heterocycles. The molecule has 0 aliphatic carbocycles. The lowest BCUT2D eigenvalue weighted by Gasteiger charge is -2.20. The zero-order valence-electron chi connectivity index (χ0n) is 10.6. The molecular formula is C12H21N5O. The zero-order valence-corrected chi connectivity index (χ0v) is 10.6. The van der Waals surface area contributed by atoms with Gasteiger partial charge in [0.15, 0.2) is 5.82 Å². The van der Waals surface area contributed by atoms with Crippen molar-refractivity contribution in [3.05, 3.63) is 16.7 Å². The average Bonchev–Trinajstić information content (AvgIpc) is 2.63. The van der Waals surface area contributed by atoms with Gasteiger partial charge in [0.2, 0.25) is 0 Å². The number of nitrogens with two attached hydrogens (primary N) is 1. The van der Waals surface area contributed by atoms with Gasteiger partial charge in [-0.15, -0.1) is 0 Å². The van der Waals surface area contributed by atoms with Crippen LogP contribution in [0.1, 0.15) is 25.7 Å². The molecule has 0 spiro atoms.